The topological polar surface area (TPSA) is 148 Å². The molecule has 0 aliphatic heterocycles. The second kappa shape index (κ2) is 7.14. The minimum atomic E-state index is -0.584. The Labute approximate surface area is 153 Å². The number of benzene rings is 2. The molecule has 0 unspecified atom stereocenters. The predicted octanol–water partition coefficient (Wildman–Crippen LogP) is 2.89. The fraction of sp³-hybridized carbons (Fsp3) is 0. The van der Waals surface area contributed by atoms with Gasteiger partial charge in [0.05, 0.1) is 10.6 Å². The number of nitro groups is 1. The number of amides is 2. The van der Waals surface area contributed by atoms with E-state index < -0.39 is 11.0 Å². The first-order chi connectivity index (χ1) is 12.4. The van der Waals surface area contributed by atoms with Gasteiger partial charge in [-0.1, -0.05) is 20.8 Å². The number of rotatable bonds is 4. The van der Waals surface area contributed by atoms with Gasteiger partial charge in [0.1, 0.15) is 0 Å². The number of halogens is 1. The lowest BCUT2D eigenvalue weighted by molar-refractivity contribution is -0.384. The first-order valence-corrected chi connectivity index (χ1v) is 7.83. The van der Waals surface area contributed by atoms with Crippen molar-refractivity contribution >= 4 is 39.0 Å². The number of aromatic nitrogens is 4. The highest BCUT2D eigenvalue weighted by Gasteiger charge is 2.16. The fourth-order valence-electron chi connectivity index (χ4n) is 2.11. The van der Waals surface area contributed by atoms with Gasteiger partial charge < -0.3 is 15.8 Å². The average molecular weight is 420 g/mol. The Balaban J connectivity index is 1.79. The number of nitrogens with zero attached hydrogens (tertiary/aromatic N) is 5. The van der Waals surface area contributed by atoms with Crippen molar-refractivity contribution in [2.75, 3.05) is 10.6 Å². The smallest absolute Gasteiger partial charge is 0.323 e. The van der Waals surface area contributed by atoms with E-state index in [9.17, 15) is 20.1 Å². The number of non-ortho nitro benzene ring substituents is 1. The molecule has 132 valence electrons. The Morgan fingerprint density at radius 3 is 2.54 bits per heavy atom. The number of tetrazole rings is 1. The molecule has 2 amide bonds. The van der Waals surface area contributed by atoms with Crippen LogP contribution in [0.3, 0.4) is 0 Å². The lowest BCUT2D eigenvalue weighted by atomic mass is 10.1. The zero-order chi connectivity index (χ0) is 18.7. The number of carbonyl (C=O) groups excluding carboxylic acids is 1. The third-order valence-electron chi connectivity index (χ3n) is 3.26. The molecule has 26 heavy (non-hydrogen) atoms. The second-order valence-corrected chi connectivity index (χ2v) is 5.88. The lowest BCUT2D eigenvalue weighted by Crippen LogP contribution is -2.20. The molecule has 0 bridgehead atoms. The van der Waals surface area contributed by atoms with Crippen LogP contribution in [0.2, 0.25) is 0 Å². The number of nitro benzene ring substituents is 1. The summed E-state index contributed by atoms with van der Waals surface area (Å²) in [6.45, 7) is 0. The van der Waals surface area contributed by atoms with E-state index in [-0.39, 0.29) is 11.5 Å². The highest BCUT2D eigenvalue weighted by Crippen LogP contribution is 2.29. The maximum atomic E-state index is 12.2. The normalized spacial score (nSPS) is 10.3. The van der Waals surface area contributed by atoms with E-state index in [1.54, 1.807) is 18.2 Å². The maximum Gasteiger partial charge on any atom is 0.323 e. The molecule has 0 spiro atoms. The van der Waals surface area contributed by atoms with Gasteiger partial charge in [-0.3, -0.25) is 10.1 Å². The molecule has 0 aliphatic carbocycles. The number of nitrogens with one attached hydrogen (secondary N) is 2. The summed E-state index contributed by atoms with van der Waals surface area (Å²) in [5, 5.41) is 35.9. The molecule has 0 radical (unpaired) electrons. The zero-order valence-electron chi connectivity index (χ0n) is 12.8. The van der Waals surface area contributed by atoms with E-state index in [1.807, 2.05) is 0 Å². The third-order valence-corrected chi connectivity index (χ3v) is 3.75. The monoisotopic (exact) mass is 419 g/mol. The van der Waals surface area contributed by atoms with E-state index in [2.05, 4.69) is 42.1 Å². The van der Waals surface area contributed by atoms with Crippen LogP contribution in [0, 0.1) is 10.1 Å². The third kappa shape index (κ3) is 3.75. The summed E-state index contributed by atoms with van der Waals surface area (Å²) in [4.78, 5) is 22.8. The Hall–Kier alpha value is -3.54. The van der Waals surface area contributed by atoms with Crippen LogP contribution in [0.1, 0.15) is 0 Å². The highest BCUT2D eigenvalue weighted by atomic mass is 79.9. The molecule has 3 N–H and O–H groups in total. The highest BCUT2D eigenvalue weighted by molar-refractivity contribution is 9.10. The van der Waals surface area contributed by atoms with E-state index in [0.29, 0.717) is 26.3 Å². The van der Waals surface area contributed by atoms with Crippen LogP contribution < -0.4 is 10.6 Å². The van der Waals surface area contributed by atoms with Crippen LogP contribution in [0.5, 0.6) is 0 Å². The molecule has 1 aromatic heterocycles. The summed E-state index contributed by atoms with van der Waals surface area (Å²) in [5.74, 6) is 0.0388. The largest absolute Gasteiger partial charge is 0.409 e. The van der Waals surface area contributed by atoms with Gasteiger partial charge in [-0.2, -0.15) is 0 Å². The van der Waals surface area contributed by atoms with Crippen LogP contribution in [-0.2, 0) is 0 Å². The molecular formula is C14H10BrN7O4. The summed E-state index contributed by atoms with van der Waals surface area (Å²) in [7, 11) is 0. The Bertz CT molecular complexity index is 974. The Morgan fingerprint density at radius 2 is 1.92 bits per heavy atom. The van der Waals surface area contributed by atoms with Gasteiger partial charge in [0.15, 0.2) is 0 Å². The van der Waals surface area contributed by atoms with Gasteiger partial charge in [0.2, 0.25) is 5.82 Å². The molecule has 3 aromatic rings. The standard InChI is InChI=1S/C14H10BrN7O4/c15-8-1-6-12(11(7-8)13-18-19-20-21(13)24)17-14(23)16-9-2-4-10(5-3-9)22(25)26/h1-7,24H,(H2,16,17,23). The Morgan fingerprint density at radius 1 is 1.19 bits per heavy atom. The predicted molar refractivity (Wildman–Crippen MR) is 93.9 cm³/mol. The summed E-state index contributed by atoms with van der Waals surface area (Å²) in [6, 6.07) is 9.71. The number of hydrogen-bond acceptors (Lipinski definition) is 7. The van der Waals surface area contributed by atoms with Crippen molar-refractivity contribution in [2.45, 2.75) is 0 Å². The quantitative estimate of drug-likeness (QED) is 0.334. The van der Waals surface area contributed by atoms with Gasteiger partial charge in [-0.05, 0) is 40.8 Å². The summed E-state index contributed by atoms with van der Waals surface area (Å²) in [5.41, 5.74) is 1.02. The number of carbonyl (C=O) groups is 1. The van der Waals surface area contributed by atoms with Crippen LogP contribution >= 0.6 is 15.9 Å². The van der Waals surface area contributed by atoms with Crippen LogP contribution in [0.4, 0.5) is 21.9 Å². The van der Waals surface area contributed by atoms with E-state index in [4.69, 9.17) is 0 Å². The van der Waals surface area contributed by atoms with Crippen molar-refractivity contribution in [3.63, 3.8) is 0 Å². The van der Waals surface area contributed by atoms with Crippen LogP contribution in [0.15, 0.2) is 46.9 Å². The molecule has 0 atom stereocenters. The molecular weight excluding hydrogens is 410 g/mol. The molecule has 0 saturated heterocycles. The molecule has 2 aromatic carbocycles. The van der Waals surface area contributed by atoms with Gasteiger partial charge in [0, 0.05) is 27.9 Å². The first-order valence-electron chi connectivity index (χ1n) is 7.04. The van der Waals surface area contributed by atoms with Crippen molar-refractivity contribution < 1.29 is 14.9 Å². The maximum absolute atomic E-state index is 12.2. The van der Waals surface area contributed by atoms with Crippen molar-refractivity contribution in [1.29, 1.82) is 0 Å². The number of anilines is 2. The van der Waals surface area contributed by atoms with Crippen molar-refractivity contribution in [3.05, 3.63) is 57.1 Å². The van der Waals surface area contributed by atoms with Crippen molar-refractivity contribution in [1.82, 2.24) is 20.4 Å². The molecule has 3 rings (SSSR count). The van der Waals surface area contributed by atoms with E-state index in [0.717, 1.165) is 0 Å². The first kappa shape index (κ1) is 17.3. The number of urea groups is 1. The fourth-order valence-corrected chi connectivity index (χ4v) is 2.47. The average Bonchev–Trinajstić information content (AvgIpc) is 3.03. The zero-order valence-corrected chi connectivity index (χ0v) is 14.4. The van der Waals surface area contributed by atoms with Crippen LogP contribution in [0.25, 0.3) is 11.4 Å². The minimum absolute atomic E-state index is 0.0388. The SMILES string of the molecule is O=C(Nc1ccc([N+](=O)[O-])cc1)Nc1ccc(Br)cc1-c1nnnn1O. The van der Waals surface area contributed by atoms with Crippen molar-refractivity contribution in [3.8, 4) is 11.4 Å². The molecule has 0 saturated carbocycles. The Kier molecular flexibility index (Phi) is 4.75. The van der Waals surface area contributed by atoms with E-state index in [1.165, 1.54) is 24.3 Å². The molecule has 0 fully saturated rings. The molecule has 1 heterocycles. The lowest BCUT2D eigenvalue weighted by Gasteiger charge is -2.11. The minimum Gasteiger partial charge on any atom is -0.409 e. The second-order valence-electron chi connectivity index (χ2n) is 4.96. The number of hydrogen-bond donors (Lipinski definition) is 3. The van der Waals surface area contributed by atoms with Gasteiger partial charge in [0.25, 0.3) is 5.69 Å². The summed E-state index contributed by atoms with van der Waals surface area (Å²) < 4.78 is 0.692. The summed E-state index contributed by atoms with van der Waals surface area (Å²) >= 11 is 3.30. The molecule has 12 heteroatoms. The van der Waals surface area contributed by atoms with Crippen molar-refractivity contribution in [2.24, 2.45) is 0 Å². The molecule has 11 nitrogen and oxygen atoms in total. The van der Waals surface area contributed by atoms with Gasteiger partial charge >= 0.3 is 6.03 Å². The summed E-state index contributed by atoms with van der Waals surface area (Å²) in [6.07, 6.45) is 0. The molecule has 0 aliphatic rings. The van der Waals surface area contributed by atoms with Gasteiger partial charge in [-0.15, -0.1) is 5.10 Å². The van der Waals surface area contributed by atoms with E-state index >= 15 is 0 Å². The van der Waals surface area contributed by atoms with Crippen LogP contribution in [-0.4, -0.2) is 36.5 Å². The van der Waals surface area contributed by atoms with Gasteiger partial charge in [-0.25, -0.2) is 4.79 Å².